The summed E-state index contributed by atoms with van der Waals surface area (Å²) in [7, 11) is 0. The quantitative estimate of drug-likeness (QED) is 0.641. The molecular formula is C16H15NO. The average molecular weight is 237 g/mol. The lowest BCUT2D eigenvalue weighted by atomic mass is 10.1. The molecule has 0 amide bonds. The Balaban J connectivity index is 2.23. The van der Waals surface area contributed by atoms with Gasteiger partial charge in [-0.1, -0.05) is 18.2 Å². The molecule has 0 aliphatic rings. The monoisotopic (exact) mass is 237 g/mol. The molecule has 0 radical (unpaired) electrons. The van der Waals surface area contributed by atoms with Crippen molar-refractivity contribution in [2.75, 3.05) is 5.73 Å². The van der Waals surface area contributed by atoms with E-state index in [1.165, 1.54) is 0 Å². The van der Waals surface area contributed by atoms with Crippen molar-refractivity contribution >= 4 is 16.7 Å². The van der Waals surface area contributed by atoms with Crippen molar-refractivity contribution in [3.63, 3.8) is 0 Å². The molecule has 3 rings (SSSR count). The number of hydrogen-bond acceptors (Lipinski definition) is 2. The number of benzene rings is 2. The zero-order chi connectivity index (χ0) is 12.7. The van der Waals surface area contributed by atoms with Crippen LogP contribution in [0.1, 0.15) is 11.1 Å². The topological polar surface area (TPSA) is 39.2 Å². The van der Waals surface area contributed by atoms with Gasteiger partial charge in [-0.3, -0.25) is 0 Å². The van der Waals surface area contributed by atoms with Crippen LogP contribution in [-0.2, 0) is 0 Å². The van der Waals surface area contributed by atoms with Gasteiger partial charge in [0.15, 0.2) is 0 Å². The predicted octanol–water partition coefficient (Wildman–Crippen LogP) is 4.30. The number of para-hydroxylation sites is 1. The van der Waals surface area contributed by atoms with Gasteiger partial charge in [0.1, 0.15) is 11.3 Å². The standard InChI is InChI=1S/C16H15NO/c1-10-4-3-5-12-9-15(18-16(10)12)14-7-6-13(17)8-11(14)2/h3-9H,17H2,1-2H3. The van der Waals surface area contributed by atoms with Gasteiger partial charge < -0.3 is 10.2 Å². The highest BCUT2D eigenvalue weighted by atomic mass is 16.3. The highest BCUT2D eigenvalue weighted by molar-refractivity contribution is 5.85. The molecule has 0 unspecified atom stereocenters. The lowest BCUT2D eigenvalue weighted by Gasteiger charge is -2.03. The minimum atomic E-state index is 0.781. The third kappa shape index (κ3) is 1.66. The summed E-state index contributed by atoms with van der Waals surface area (Å²) in [6, 6.07) is 14.1. The Kier molecular flexibility index (Phi) is 2.37. The van der Waals surface area contributed by atoms with Crippen LogP contribution in [0.5, 0.6) is 0 Å². The van der Waals surface area contributed by atoms with Gasteiger partial charge in [0.05, 0.1) is 0 Å². The normalized spacial score (nSPS) is 11.0. The fraction of sp³-hybridized carbons (Fsp3) is 0.125. The summed E-state index contributed by atoms with van der Waals surface area (Å²) in [5.74, 6) is 0.900. The van der Waals surface area contributed by atoms with E-state index in [1.807, 2.05) is 31.2 Å². The molecule has 2 N–H and O–H groups in total. The Hall–Kier alpha value is -2.22. The maximum atomic E-state index is 5.96. The molecular weight excluding hydrogens is 222 g/mol. The third-order valence-corrected chi connectivity index (χ3v) is 3.26. The summed E-state index contributed by atoms with van der Waals surface area (Å²) in [5, 5.41) is 1.14. The molecule has 1 aromatic heterocycles. The van der Waals surface area contributed by atoms with E-state index in [0.717, 1.165) is 39.1 Å². The first-order chi connectivity index (χ1) is 8.65. The number of nitrogens with two attached hydrogens (primary N) is 1. The minimum Gasteiger partial charge on any atom is -0.456 e. The van der Waals surface area contributed by atoms with Crippen LogP contribution in [0.3, 0.4) is 0 Å². The lowest BCUT2D eigenvalue weighted by molar-refractivity contribution is 0.628. The summed E-state index contributed by atoms with van der Waals surface area (Å²) < 4.78 is 5.96. The van der Waals surface area contributed by atoms with E-state index in [9.17, 15) is 0 Å². The molecule has 0 atom stereocenters. The third-order valence-electron chi connectivity index (χ3n) is 3.26. The SMILES string of the molecule is Cc1cc(N)ccc1-c1cc2cccc(C)c2o1. The van der Waals surface area contributed by atoms with E-state index in [2.05, 4.69) is 25.1 Å². The van der Waals surface area contributed by atoms with Crippen LogP contribution in [-0.4, -0.2) is 0 Å². The molecule has 0 saturated carbocycles. The molecule has 18 heavy (non-hydrogen) atoms. The molecule has 0 aliphatic carbocycles. The van der Waals surface area contributed by atoms with E-state index in [-0.39, 0.29) is 0 Å². The number of hydrogen-bond donors (Lipinski definition) is 1. The predicted molar refractivity (Wildman–Crippen MR) is 75.5 cm³/mol. The Morgan fingerprint density at radius 1 is 0.944 bits per heavy atom. The summed E-state index contributed by atoms with van der Waals surface area (Å²) >= 11 is 0. The number of fused-ring (bicyclic) bond motifs is 1. The molecule has 0 aliphatic heterocycles. The first-order valence-electron chi connectivity index (χ1n) is 6.01. The van der Waals surface area contributed by atoms with Crippen molar-refractivity contribution in [3.05, 3.63) is 53.6 Å². The fourth-order valence-electron chi connectivity index (χ4n) is 2.30. The van der Waals surface area contributed by atoms with E-state index in [0.29, 0.717) is 0 Å². The van der Waals surface area contributed by atoms with Crippen molar-refractivity contribution < 1.29 is 4.42 Å². The molecule has 0 bridgehead atoms. The molecule has 2 nitrogen and oxygen atoms in total. The largest absolute Gasteiger partial charge is 0.456 e. The Morgan fingerprint density at radius 2 is 1.78 bits per heavy atom. The van der Waals surface area contributed by atoms with Crippen molar-refractivity contribution in [1.29, 1.82) is 0 Å². The molecule has 0 fully saturated rings. The van der Waals surface area contributed by atoms with Crippen LogP contribution >= 0.6 is 0 Å². The van der Waals surface area contributed by atoms with E-state index in [4.69, 9.17) is 10.2 Å². The second kappa shape index (κ2) is 3.91. The number of aryl methyl sites for hydroxylation is 2. The molecule has 0 saturated heterocycles. The molecule has 2 aromatic carbocycles. The van der Waals surface area contributed by atoms with Crippen LogP contribution in [0.25, 0.3) is 22.3 Å². The first kappa shape index (κ1) is 10.9. The number of furan rings is 1. The molecule has 2 heteroatoms. The lowest BCUT2D eigenvalue weighted by Crippen LogP contribution is -1.87. The van der Waals surface area contributed by atoms with Crippen molar-refractivity contribution in [2.24, 2.45) is 0 Å². The van der Waals surface area contributed by atoms with Crippen LogP contribution < -0.4 is 5.73 Å². The summed E-state index contributed by atoms with van der Waals surface area (Å²) in [5.41, 5.74) is 10.9. The second-order valence-corrected chi connectivity index (χ2v) is 4.68. The van der Waals surface area contributed by atoms with Crippen molar-refractivity contribution in [3.8, 4) is 11.3 Å². The molecule has 90 valence electrons. The Bertz CT molecular complexity index is 725. The summed E-state index contributed by atoms with van der Waals surface area (Å²) in [4.78, 5) is 0. The van der Waals surface area contributed by atoms with Crippen LogP contribution in [0, 0.1) is 13.8 Å². The van der Waals surface area contributed by atoms with Gasteiger partial charge in [-0.25, -0.2) is 0 Å². The first-order valence-corrected chi connectivity index (χ1v) is 6.01. The van der Waals surface area contributed by atoms with Gasteiger partial charge in [0, 0.05) is 16.6 Å². The fourth-order valence-corrected chi connectivity index (χ4v) is 2.30. The van der Waals surface area contributed by atoms with Gasteiger partial charge >= 0.3 is 0 Å². The average Bonchev–Trinajstić information content (AvgIpc) is 2.74. The van der Waals surface area contributed by atoms with Crippen molar-refractivity contribution in [1.82, 2.24) is 0 Å². The van der Waals surface area contributed by atoms with Gasteiger partial charge in [-0.2, -0.15) is 0 Å². The zero-order valence-electron chi connectivity index (χ0n) is 10.5. The van der Waals surface area contributed by atoms with E-state index in [1.54, 1.807) is 0 Å². The summed E-state index contributed by atoms with van der Waals surface area (Å²) in [6.07, 6.45) is 0. The van der Waals surface area contributed by atoms with Gasteiger partial charge in [-0.05, 0) is 49.2 Å². The second-order valence-electron chi connectivity index (χ2n) is 4.68. The Morgan fingerprint density at radius 3 is 2.50 bits per heavy atom. The van der Waals surface area contributed by atoms with Crippen LogP contribution in [0.4, 0.5) is 5.69 Å². The van der Waals surface area contributed by atoms with Crippen LogP contribution in [0.2, 0.25) is 0 Å². The maximum Gasteiger partial charge on any atom is 0.137 e. The molecule has 0 spiro atoms. The minimum absolute atomic E-state index is 0.781. The smallest absolute Gasteiger partial charge is 0.137 e. The van der Waals surface area contributed by atoms with Crippen LogP contribution in [0.15, 0.2) is 46.9 Å². The highest BCUT2D eigenvalue weighted by Gasteiger charge is 2.09. The van der Waals surface area contributed by atoms with Gasteiger partial charge in [-0.15, -0.1) is 0 Å². The van der Waals surface area contributed by atoms with Crippen molar-refractivity contribution in [2.45, 2.75) is 13.8 Å². The molecule has 1 heterocycles. The number of rotatable bonds is 1. The highest BCUT2D eigenvalue weighted by Crippen LogP contribution is 2.32. The Labute approximate surface area is 106 Å². The summed E-state index contributed by atoms with van der Waals surface area (Å²) in [6.45, 7) is 4.11. The van der Waals surface area contributed by atoms with Gasteiger partial charge in [0.2, 0.25) is 0 Å². The van der Waals surface area contributed by atoms with E-state index < -0.39 is 0 Å². The number of nitrogen functional groups attached to an aromatic ring is 1. The zero-order valence-corrected chi connectivity index (χ0v) is 10.5. The molecule has 3 aromatic rings. The van der Waals surface area contributed by atoms with E-state index >= 15 is 0 Å². The van der Waals surface area contributed by atoms with Gasteiger partial charge in [0.25, 0.3) is 0 Å². The maximum absolute atomic E-state index is 5.96. The number of anilines is 1.